The Morgan fingerprint density at radius 1 is 1.53 bits per heavy atom. The number of fused-ring (bicyclic) bond motifs is 1. The van der Waals surface area contributed by atoms with E-state index < -0.39 is 11.9 Å². The van der Waals surface area contributed by atoms with Gasteiger partial charge in [-0.25, -0.2) is 0 Å². The molecular weight excluding hydrogens is 284 g/mol. The molecule has 88 valence electrons. The van der Waals surface area contributed by atoms with Gasteiger partial charge < -0.3 is 5.11 Å². The first-order chi connectivity index (χ1) is 8.13. The van der Waals surface area contributed by atoms with Crippen molar-refractivity contribution in [2.75, 3.05) is 0 Å². The number of pyridine rings is 2. The highest BCUT2D eigenvalue weighted by atomic mass is 79.9. The first kappa shape index (κ1) is 12.0. The Hall–Kier alpha value is -1.49. The van der Waals surface area contributed by atoms with Gasteiger partial charge in [0.2, 0.25) is 0 Å². The van der Waals surface area contributed by atoms with Crippen LogP contribution in [0, 0.1) is 0 Å². The van der Waals surface area contributed by atoms with Crippen molar-refractivity contribution in [1.82, 2.24) is 9.97 Å². The quantitative estimate of drug-likeness (QED) is 0.945. The summed E-state index contributed by atoms with van der Waals surface area (Å²) in [5, 5.41) is 9.18. The molecule has 1 N–H and O–H groups in total. The molecule has 2 heterocycles. The fourth-order valence-electron chi connectivity index (χ4n) is 1.83. The molecule has 0 radical (unpaired) electrons. The van der Waals surface area contributed by atoms with E-state index in [1.165, 1.54) is 0 Å². The first-order valence-corrected chi connectivity index (χ1v) is 6.05. The van der Waals surface area contributed by atoms with Gasteiger partial charge in [-0.3, -0.25) is 14.8 Å². The average molecular weight is 295 g/mol. The molecule has 0 fully saturated rings. The maximum atomic E-state index is 11.2. The molecule has 2 aromatic heterocycles. The number of carboxylic acid groups (broad SMARTS) is 1. The van der Waals surface area contributed by atoms with Gasteiger partial charge in [0.25, 0.3) is 0 Å². The van der Waals surface area contributed by atoms with Crippen molar-refractivity contribution in [1.29, 1.82) is 0 Å². The third-order valence-electron chi connectivity index (χ3n) is 2.66. The Bertz CT molecular complexity index is 571. The molecule has 0 amide bonds. The molecule has 4 nitrogen and oxygen atoms in total. The topological polar surface area (TPSA) is 63.1 Å². The summed E-state index contributed by atoms with van der Waals surface area (Å²) in [6.45, 7) is 1.85. The summed E-state index contributed by atoms with van der Waals surface area (Å²) < 4.78 is 0.832. The molecule has 0 saturated heterocycles. The van der Waals surface area contributed by atoms with Crippen LogP contribution in [-0.4, -0.2) is 21.0 Å². The third-order valence-corrected chi connectivity index (χ3v) is 3.09. The Kier molecular flexibility index (Phi) is 3.38. The van der Waals surface area contributed by atoms with Gasteiger partial charge >= 0.3 is 5.97 Å². The molecule has 0 aromatic carbocycles. The number of nitrogens with zero attached hydrogens (tertiary/aromatic N) is 2. The van der Waals surface area contributed by atoms with Crippen LogP contribution in [0.5, 0.6) is 0 Å². The number of carboxylic acids is 1. The zero-order valence-corrected chi connectivity index (χ0v) is 10.8. The van der Waals surface area contributed by atoms with Gasteiger partial charge in [0.1, 0.15) is 0 Å². The molecule has 0 aliphatic rings. The van der Waals surface area contributed by atoms with Gasteiger partial charge in [-0.05, 0) is 40.0 Å². The Labute approximate surface area is 107 Å². The molecule has 17 heavy (non-hydrogen) atoms. The van der Waals surface area contributed by atoms with Gasteiger partial charge in [-0.2, -0.15) is 0 Å². The van der Waals surface area contributed by atoms with Gasteiger partial charge in [-0.15, -0.1) is 0 Å². The van der Waals surface area contributed by atoms with E-state index in [0.717, 1.165) is 10.0 Å². The molecule has 0 aliphatic heterocycles. The van der Waals surface area contributed by atoms with Gasteiger partial charge in [0.05, 0.1) is 17.0 Å². The lowest BCUT2D eigenvalue weighted by molar-refractivity contribution is -0.138. The highest BCUT2D eigenvalue weighted by molar-refractivity contribution is 9.10. The zero-order chi connectivity index (χ0) is 12.4. The monoisotopic (exact) mass is 294 g/mol. The zero-order valence-electron chi connectivity index (χ0n) is 9.22. The van der Waals surface area contributed by atoms with E-state index in [1.54, 1.807) is 18.5 Å². The van der Waals surface area contributed by atoms with Gasteiger partial charge in [-0.1, -0.05) is 6.92 Å². The lowest BCUT2D eigenvalue weighted by Crippen LogP contribution is -2.11. The van der Waals surface area contributed by atoms with E-state index in [2.05, 4.69) is 25.9 Å². The summed E-state index contributed by atoms with van der Waals surface area (Å²) >= 11 is 3.32. The van der Waals surface area contributed by atoms with Crippen LogP contribution in [0.25, 0.3) is 11.0 Å². The fraction of sp³-hybridized carbons (Fsp3) is 0.250. The van der Waals surface area contributed by atoms with Crippen molar-refractivity contribution < 1.29 is 9.90 Å². The number of hydrogen-bond donors (Lipinski definition) is 1. The molecular formula is C12H11BrN2O2. The van der Waals surface area contributed by atoms with Crippen molar-refractivity contribution in [2.24, 2.45) is 0 Å². The normalized spacial score (nSPS) is 12.6. The van der Waals surface area contributed by atoms with E-state index in [1.807, 2.05) is 13.0 Å². The summed E-state index contributed by atoms with van der Waals surface area (Å²) in [5.41, 5.74) is 2.08. The Balaban J connectivity index is 2.65. The van der Waals surface area contributed by atoms with Crippen molar-refractivity contribution in [2.45, 2.75) is 19.3 Å². The van der Waals surface area contributed by atoms with Gasteiger partial charge in [0, 0.05) is 16.9 Å². The number of carbonyl (C=O) groups is 1. The summed E-state index contributed by atoms with van der Waals surface area (Å²) in [6.07, 6.45) is 3.81. The number of aromatic nitrogens is 2. The van der Waals surface area contributed by atoms with Crippen molar-refractivity contribution in [3.8, 4) is 0 Å². The van der Waals surface area contributed by atoms with Crippen molar-refractivity contribution in [3.05, 3.63) is 34.6 Å². The summed E-state index contributed by atoms with van der Waals surface area (Å²) in [6, 6.07) is 3.56. The maximum absolute atomic E-state index is 11.2. The molecule has 2 aromatic rings. The van der Waals surface area contributed by atoms with Crippen molar-refractivity contribution in [3.63, 3.8) is 0 Å². The summed E-state index contributed by atoms with van der Waals surface area (Å²) in [4.78, 5) is 19.6. The van der Waals surface area contributed by atoms with Crippen LogP contribution in [0.1, 0.15) is 24.8 Å². The summed E-state index contributed by atoms with van der Waals surface area (Å²) in [5.74, 6) is -1.36. The first-order valence-electron chi connectivity index (χ1n) is 5.26. The smallest absolute Gasteiger partial charge is 0.311 e. The number of hydrogen-bond acceptors (Lipinski definition) is 3. The molecule has 0 bridgehead atoms. The fourth-order valence-corrected chi connectivity index (χ4v) is 2.15. The van der Waals surface area contributed by atoms with Gasteiger partial charge in [0.15, 0.2) is 0 Å². The van der Waals surface area contributed by atoms with Crippen LogP contribution in [0.15, 0.2) is 29.0 Å². The second kappa shape index (κ2) is 4.79. The second-order valence-electron chi connectivity index (χ2n) is 3.72. The molecule has 0 spiro atoms. The van der Waals surface area contributed by atoms with E-state index >= 15 is 0 Å². The van der Waals surface area contributed by atoms with Crippen LogP contribution in [0.4, 0.5) is 0 Å². The van der Waals surface area contributed by atoms with Crippen LogP contribution in [0.3, 0.4) is 0 Å². The predicted octanol–water partition coefficient (Wildman–Crippen LogP) is 2.97. The minimum atomic E-state index is -0.829. The standard InChI is InChI=1S/C12H11BrN2O2/c1-2-8(12(16)17)9-3-4-14-10-5-7(13)6-15-11(9)10/h3-6,8H,2H2,1H3,(H,16,17). The lowest BCUT2D eigenvalue weighted by atomic mass is 9.96. The minimum Gasteiger partial charge on any atom is -0.481 e. The number of halogens is 1. The van der Waals surface area contributed by atoms with E-state index in [4.69, 9.17) is 0 Å². The molecule has 1 atom stereocenters. The molecule has 0 aliphatic carbocycles. The van der Waals surface area contributed by atoms with E-state index in [9.17, 15) is 9.90 Å². The Morgan fingerprint density at radius 2 is 2.29 bits per heavy atom. The van der Waals surface area contributed by atoms with Crippen molar-refractivity contribution >= 4 is 32.9 Å². The average Bonchev–Trinajstić information content (AvgIpc) is 2.29. The molecule has 0 saturated carbocycles. The largest absolute Gasteiger partial charge is 0.481 e. The van der Waals surface area contributed by atoms with Crippen LogP contribution < -0.4 is 0 Å². The van der Waals surface area contributed by atoms with Crippen LogP contribution >= 0.6 is 15.9 Å². The second-order valence-corrected chi connectivity index (χ2v) is 4.64. The van der Waals surface area contributed by atoms with Crippen LogP contribution in [0.2, 0.25) is 0 Å². The highest BCUT2D eigenvalue weighted by Crippen LogP contribution is 2.26. The predicted molar refractivity (Wildman–Crippen MR) is 67.9 cm³/mol. The lowest BCUT2D eigenvalue weighted by Gasteiger charge is -2.11. The number of aliphatic carboxylic acids is 1. The van der Waals surface area contributed by atoms with E-state index in [0.29, 0.717) is 17.5 Å². The summed E-state index contributed by atoms with van der Waals surface area (Å²) in [7, 11) is 0. The number of rotatable bonds is 3. The SMILES string of the molecule is CCC(C(=O)O)c1ccnc2cc(Br)cnc12. The third kappa shape index (κ3) is 2.29. The molecule has 2 rings (SSSR count). The minimum absolute atomic E-state index is 0.533. The highest BCUT2D eigenvalue weighted by Gasteiger charge is 2.20. The molecule has 1 unspecified atom stereocenters. The van der Waals surface area contributed by atoms with Crippen LogP contribution in [-0.2, 0) is 4.79 Å². The maximum Gasteiger partial charge on any atom is 0.311 e. The Morgan fingerprint density at radius 3 is 2.94 bits per heavy atom. The molecule has 5 heteroatoms. The van der Waals surface area contributed by atoms with E-state index in [-0.39, 0.29) is 0 Å².